The average Bonchev–Trinajstić information content (AvgIpc) is 2.58. The van der Waals surface area contributed by atoms with E-state index in [0.29, 0.717) is 11.8 Å². The molecule has 0 aromatic carbocycles. The van der Waals surface area contributed by atoms with Gasteiger partial charge in [-0.3, -0.25) is 0 Å². The summed E-state index contributed by atoms with van der Waals surface area (Å²) in [5.74, 6) is 1.98. The molecule has 1 aromatic rings. The molecule has 1 heterocycles. The number of aromatic nitrogens is 2. The lowest BCUT2D eigenvalue weighted by molar-refractivity contribution is 0.381. The Morgan fingerprint density at radius 2 is 1.77 bits per heavy atom. The van der Waals surface area contributed by atoms with E-state index in [2.05, 4.69) is 24.0 Å². The second-order valence-corrected chi connectivity index (χ2v) is 2.69. The molecule has 0 fully saturated rings. The Kier molecular flexibility index (Phi) is 6.20. The predicted octanol–water partition coefficient (Wildman–Crippen LogP) is 3.31. The van der Waals surface area contributed by atoms with Crippen molar-refractivity contribution < 1.29 is 4.52 Å². The van der Waals surface area contributed by atoms with Crippen molar-refractivity contribution in [1.82, 2.24) is 10.1 Å². The van der Waals surface area contributed by atoms with Crippen LogP contribution in [0.4, 0.5) is 0 Å². The first-order chi connectivity index (χ1) is 6.27. The summed E-state index contributed by atoms with van der Waals surface area (Å²) in [5.41, 5.74) is 0. The molecule has 3 nitrogen and oxygen atoms in total. The standard InChI is InChI=1S/C8H14N2O.C2H6/c1-4-7(5-2)8-9-6(3)11-10-8;1-2/h7H,4-5H2,1-3H3;1-2H3. The Labute approximate surface area is 80.5 Å². The van der Waals surface area contributed by atoms with Gasteiger partial charge in [-0.05, 0) is 12.8 Å². The van der Waals surface area contributed by atoms with Crippen molar-refractivity contribution in [3.63, 3.8) is 0 Å². The fraction of sp³-hybridized carbons (Fsp3) is 0.800. The lowest BCUT2D eigenvalue weighted by Gasteiger charge is -2.04. The number of nitrogens with zero attached hydrogens (tertiary/aromatic N) is 2. The maximum atomic E-state index is 4.89. The van der Waals surface area contributed by atoms with Gasteiger partial charge >= 0.3 is 0 Å². The van der Waals surface area contributed by atoms with Gasteiger partial charge in [0, 0.05) is 12.8 Å². The van der Waals surface area contributed by atoms with E-state index in [1.165, 1.54) is 0 Å². The van der Waals surface area contributed by atoms with Crippen molar-refractivity contribution in [3.05, 3.63) is 11.7 Å². The van der Waals surface area contributed by atoms with Gasteiger partial charge in [-0.2, -0.15) is 4.98 Å². The molecule has 0 amide bonds. The summed E-state index contributed by atoms with van der Waals surface area (Å²) in [6, 6.07) is 0. The lowest BCUT2D eigenvalue weighted by atomic mass is 10.0. The van der Waals surface area contributed by atoms with Crippen LogP contribution in [-0.2, 0) is 0 Å². The normalized spacial score (nSPS) is 9.69. The summed E-state index contributed by atoms with van der Waals surface area (Å²) in [7, 11) is 0. The molecular weight excluding hydrogens is 164 g/mol. The molecule has 3 heteroatoms. The van der Waals surface area contributed by atoms with Crippen LogP contribution < -0.4 is 0 Å². The molecule has 1 rings (SSSR count). The molecule has 0 aliphatic carbocycles. The van der Waals surface area contributed by atoms with Crippen molar-refractivity contribution in [2.75, 3.05) is 0 Å². The molecule has 0 saturated heterocycles. The number of aryl methyl sites for hydroxylation is 1. The SMILES string of the molecule is CC.CCC(CC)c1noc(C)n1. The zero-order chi connectivity index (χ0) is 10.3. The monoisotopic (exact) mass is 184 g/mol. The van der Waals surface area contributed by atoms with Crippen molar-refractivity contribution in [1.29, 1.82) is 0 Å². The first-order valence-electron chi connectivity index (χ1n) is 5.08. The van der Waals surface area contributed by atoms with E-state index in [0.717, 1.165) is 18.7 Å². The minimum Gasteiger partial charge on any atom is -0.340 e. The number of hydrogen-bond acceptors (Lipinski definition) is 3. The smallest absolute Gasteiger partial charge is 0.223 e. The highest BCUT2D eigenvalue weighted by Gasteiger charge is 2.12. The number of rotatable bonds is 3. The van der Waals surface area contributed by atoms with Gasteiger partial charge in [-0.15, -0.1) is 0 Å². The van der Waals surface area contributed by atoms with Gasteiger partial charge in [-0.1, -0.05) is 32.9 Å². The van der Waals surface area contributed by atoms with Crippen LogP contribution in [-0.4, -0.2) is 10.1 Å². The van der Waals surface area contributed by atoms with E-state index < -0.39 is 0 Å². The first kappa shape index (κ1) is 12.1. The first-order valence-corrected chi connectivity index (χ1v) is 5.08. The van der Waals surface area contributed by atoms with E-state index in [1.54, 1.807) is 0 Å². The summed E-state index contributed by atoms with van der Waals surface area (Å²) in [6.07, 6.45) is 2.16. The van der Waals surface area contributed by atoms with Crippen LogP contribution in [0.2, 0.25) is 0 Å². The quantitative estimate of drug-likeness (QED) is 0.723. The summed E-state index contributed by atoms with van der Waals surface area (Å²) in [4.78, 5) is 4.17. The third kappa shape index (κ3) is 3.57. The van der Waals surface area contributed by atoms with E-state index in [9.17, 15) is 0 Å². The third-order valence-corrected chi connectivity index (χ3v) is 1.89. The topological polar surface area (TPSA) is 38.9 Å². The van der Waals surface area contributed by atoms with Crippen LogP contribution in [0.1, 0.15) is 58.2 Å². The zero-order valence-electron chi connectivity index (χ0n) is 9.29. The molecule has 0 spiro atoms. The largest absolute Gasteiger partial charge is 0.340 e. The van der Waals surface area contributed by atoms with Crippen LogP contribution in [0, 0.1) is 6.92 Å². The summed E-state index contributed by atoms with van der Waals surface area (Å²) in [6.45, 7) is 10.1. The molecule has 1 aromatic heterocycles. The van der Waals surface area contributed by atoms with E-state index >= 15 is 0 Å². The van der Waals surface area contributed by atoms with E-state index in [4.69, 9.17) is 4.52 Å². The summed E-state index contributed by atoms with van der Waals surface area (Å²) >= 11 is 0. The fourth-order valence-electron chi connectivity index (χ4n) is 1.13. The van der Waals surface area contributed by atoms with Gasteiger partial charge in [0.15, 0.2) is 5.82 Å². The molecule has 0 bridgehead atoms. The van der Waals surface area contributed by atoms with E-state index in [1.807, 2.05) is 20.8 Å². The third-order valence-electron chi connectivity index (χ3n) is 1.89. The molecule has 0 radical (unpaired) electrons. The Morgan fingerprint density at radius 3 is 2.08 bits per heavy atom. The highest BCUT2D eigenvalue weighted by atomic mass is 16.5. The Bertz CT molecular complexity index is 216. The van der Waals surface area contributed by atoms with Gasteiger partial charge in [0.2, 0.25) is 5.89 Å². The molecule has 0 atom stereocenters. The maximum absolute atomic E-state index is 4.89. The minimum atomic E-state index is 0.465. The van der Waals surface area contributed by atoms with Gasteiger partial charge in [0.05, 0.1) is 0 Å². The Hall–Kier alpha value is -0.860. The predicted molar refractivity (Wildman–Crippen MR) is 53.7 cm³/mol. The second kappa shape index (κ2) is 6.63. The van der Waals surface area contributed by atoms with Crippen molar-refractivity contribution in [3.8, 4) is 0 Å². The summed E-state index contributed by atoms with van der Waals surface area (Å²) < 4.78 is 4.89. The molecule has 0 N–H and O–H groups in total. The average molecular weight is 184 g/mol. The zero-order valence-corrected chi connectivity index (χ0v) is 9.29. The lowest BCUT2D eigenvalue weighted by Crippen LogP contribution is -1.97. The number of hydrogen-bond donors (Lipinski definition) is 0. The molecule has 0 unspecified atom stereocenters. The molecule has 0 saturated carbocycles. The Balaban J connectivity index is 0.000000671. The van der Waals surface area contributed by atoms with Crippen LogP contribution in [0.5, 0.6) is 0 Å². The highest BCUT2D eigenvalue weighted by Crippen LogP contribution is 2.19. The van der Waals surface area contributed by atoms with Crippen LogP contribution in [0.25, 0.3) is 0 Å². The molecular formula is C10H20N2O. The van der Waals surface area contributed by atoms with Crippen molar-refractivity contribution in [2.45, 2.75) is 53.4 Å². The van der Waals surface area contributed by atoms with E-state index in [-0.39, 0.29) is 0 Å². The molecule has 76 valence electrons. The molecule has 13 heavy (non-hydrogen) atoms. The molecule has 0 aliphatic rings. The van der Waals surface area contributed by atoms with Crippen LogP contribution in [0.3, 0.4) is 0 Å². The van der Waals surface area contributed by atoms with Crippen molar-refractivity contribution >= 4 is 0 Å². The van der Waals surface area contributed by atoms with Crippen LogP contribution in [0.15, 0.2) is 4.52 Å². The highest BCUT2D eigenvalue weighted by molar-refractivity contribution is 4.93. The Morgan fingerprint density at radius 1 is 1.23 bits per heavy atom. The van der Waals surface area contributed by atoms with Crippen LogP contribution >= 0.6 is 0 Å². The fourth-order valence-corrected chi connectivity index (χ4v) is 1.13. The van der Waals surface area contributed by atoms with Gasteiger partial charge < -0.3 is 4.52 Å². The van der Waals surface area contributed by atoms with Crippen molar-refractivity contribution in [2.24, 2.45) is 0 Å². The minimum absolute atomic E-state index is 0.465. The summed E-state index contributed by atoms with van der Waals surface area (Å²) in [5, 5.41) is 3.87. The van der Waals surface area contributed by atoms with Gasteiger partial charge in [-0.25, -0.2) is 0 Å². The second-order valence-electron chi connectivity index (χ2n) is 2.69. The molecule has 0 aliphatic heterocycles. The maximum Gasteiger partial charge on any atom is 0.223 e. The van der Waals surface area contributed by atoms with Gasteiger partial charge in [0.25, 0.3) is 0 Å². The van der Waals surface area contributed by atoms with Gasteiger partial charge in [0.1, 0.15) is 0 Å².